The van der Waals surface area contributed by atoms with E-state index in [9.17, 15) is 36.0 Å². The van der Waals surface area contributed by atoms with Crippen LogP contribution in [0.5, 0.6) is 0 Å². The predicted octanol–water partition coefficient (Wildman–Crippen LogP) is 0.439. The van der Waals surface area contributed by atoms with Gasteiger partial charge in [0.25, 0.3) is 5.56 Å². The van der Waals surface area contributed by atoms with Gasteiger partial charge in [-0.2, -0.15) is 13.2 Å². The highest BCUT2D eigenvalue weighted by molar-refractivity contribution is 7.90. The minimum Gasteiger partial charge on any atom is -0.481 e. The number of carboxylic acids is 1. The summed E-state index contributed by atoms with van der Waals surface area (Å²) in [4.78, 5) is 32.1. The summed E-state index contributed by atoms with van der Waals surface area (Å²) in [6.45, 7) is 0.378. The fraction of sp³-hybridized carbons (Fsp3) is 0.389. The zero-order chi connectivity index (χ0) is 24.5. The van der Waals surface area contributed by atoms with Crippen molar-refractivity contribution in [3.63, 3.8) is 0 Å². The summed E-state index contributed by atoms with van der Waals surface area (Å²) in [6, 6.07) is 4.87. The van der Waals surface area contributed by atoms with Crippen molar-refractivity contribution >= 4 is 21.8 Å². The maximum absolute atomic E-state index is 12.1. The molecule has 176 valence electrons. The Bertz CT molecular complexity index is 1100. The average Bonchev–Trinajstić information content (AvgIpc) is 2.70. The number of hydrogen-bond acceptors (Lipinski definition) is 7. The number of halogens is 3. The highest BCUT2D eigenvalue weighted by atomic mass is 32.2. The molecule has 0 aromatic carbocycles. The molecule has 0 fully saturated rings. The van der Waals surface area contributed by atoms with Gasteiger partial charge < -0.3 is 14.4 Å². The Labute approximate surface area is 180 Å². The fourth-order valence-corrected chi connectivity index (χ4v) is 2.68. The van der Waals surface area contributed by atoms with E-state index in [0.29, 0.717) is 18.2 Å². The topological polar surface area (TPSA) is 137 Å². The normalized spacial score (nSPS) is 11.3. The molecule has 0 atom stereocenters. The van der Waals surface area contributed by atoms with Gasteiger partial charge in [-0.3, -0.25) is 9.59 Å². The smallest absolute Gasteiger partial charge is 0.481 e. The molecule has 0 spiro atoms. The van der Waals surface area contributed by atoms with Gasteiger partial charge >= 0.3 is 18.1 Å². The van der Waals surface area contributed by atoms with Crippen LogP contribution in [0.25, 0.3) is 11.1 Å². The number of sulfone groups is 1. The van der Waals surface area contributed by atoms with Gasteiger partial charge in [0.05, 0.1) is 12.9 Å². The third-order valence-electron chi connectivity index (χ3n) is 3.78. The van der Waals surface area contributed by atoms with Crippen molar-refractivity contribution in [2.75, 3.05) is 19.1 Å². The molecule has 1 N–H and O–H groups in total. The zero-order valence-electron chi connectivity index (χ0n) is 17.1. The van der Waals surface area contributed by atoms with Gasteiger partial charge in [0.15, 0.2) is 12.7 Å². The van der Waals surface area contributed by atoms with Crippen molar-refractivity contribution < 1.29 is 45.7 Å². The number of hydrogen-bond donors (Lipinski definition) is 1. The van der Waals surface area contributed by atoms with E-state index in [1.165, 1.54) is 15.3 Å². The standard InChI is InChI=1S/C15H17N3O5S.C3H3F3O2/c1-24(22,23)9-8-17-5-2-12(10-14(17)19)13-3-6-18(16-11-13)7-4-15(20)21;1-8-2(7)3(4,5)6/h2-3,5-6,10-11H,4,7-9H2,1H3;1H3/p+1. The van der Waals surface area contributed by atoms with Gasteiger partial charge in [0, 0.05) is 36.7 Å². The molecule has 2 rings (SSSR count). The lowest BCUT2D eigenvalue weighted by molar-refractivity contribution is -0.752. The number of rotatable bonds is 7. The number of nitrogens with zero attached hydrogens (tertiary/aromatic N) is 3. The SMILES string of the molecule is COC(=O)C(F)(F)F.CS(=O)(=O)CCn1ccc(-c2cc[n+](CCC(=O)O)nc2)cc1=O. The first-order chi connectivity index (χ1) is 14.7. The Morgan fingerprint density at radius 3 is 2.31 bits per heavy atom. The van der Waals surface area contributed by atoms with Crippen LogP contribution in [0, 0.1) is 0 Å². The molecule has 0 aliphatic rings. The maximum atomic E-state index is 12.1. The van der Waals surface area contributed by atoms with Crippen molar-refractivity contribution in [2.24, 2.45) is 0 Å². The predicted molar refractivity (Wildman–Crippen MR) is 104 cm³/mol. The molecule has 0 aliphatic heterocycles. The van der Waals surface area contributed by atoms with E-state index in [1.807, 2.05) is 0 Å². The highest BCUT2D eigenvalue weighted by Gasteiger charge is 2.40. The Morgan fingerprint density at radius 2 is 1.91 bits per heavy atom. The summed E-state index contributed by atoms with van der Waals surface area (Å²) in [6.07, 6.45) is 1.00. The van der Waals surface area contributed by atoms with E-state index in [4.69, 9.17) is 5.11 Å². The van der Waals surface area contributed by atoms with E-state index in [1.54, 1.807) is 30.7 Å². The molecule has 0 saturated carbocycles. The van der Waals surface area contributed by atoms with E-state index in [0.717, 1.165) is 6.26 Å². The molecule has 0 amide bonds. The second kappa shape index (κ2) is 11.4. The number of pyridine rings is 1. The van der Waals surface area contributed by atoms with Gasteiger partial charge in [-0.15, -0.1) is 0 Å². The molecule has 2 heterocycles. The summed E-state index contributed by atoms with van der Waals surface area (Å²) in [5, 5.41) is 12.8. The molecule has 0 radical (unpaired) electrons. The number of aromatic nitrogens is 3. The molecular formula is C18H21F3N3O7S+. The zero-order valence-corrected chi connectivity index (χ0v) is 17.9. The monoisotopic (exact) mass is 480 g/mol. The Hall–Kier alpha value is -3.29. The molecular weight excluding hydrogens is 459 g/mol. The largest absolute Gasteiger partial charge is 0.490 e. The number of esters is 1. The lowest BCUT2D eigenvalue weighted by Gasteiger charge is -2.06. The first kappa shape index (κ1) is 26.7. The minimum absolute atomic E-state index is 0.0204. The number of alkyl halides is 3. The van der Waals surface area contributed by atoms with Gasteiger partial charge in [0.1, 0.15) is 22.5 Å². The Balaban J connectivity index is 0.000000547. The third kappa shape index (κ3) is 9.68. The van der Waals surface area contributed by atoms with Gasteiger partial charge in [-0.1, -0.05) is 4.68 Å². The van der Waals surface area contributed by atoms with Crippen molar-refractivity contribution in [3.8, 4) is 11.1 Å². The molecule has 32 heavy (non-hydrogen) atoms. The number of aryl methyl sites for hydroxylation is 2. The van der Waals surface area contributed by atoms with Gasteiger partial charge in [-0.25, -0.2) is 13.2 Å². The van der Waals surface area contributed by atoms with Crippen LogP contribution in [-0.4, -0.2) is 60.4 Å². The van der Waals surface area contributed by atoms with Crippen LogP contribution in [0.3, 0.4) is 0 Å². The summed E-state index contributed by atoms with van der Waals surface area (Å²) in [5.74, 6) is -3.16. The summed E-state index contributed by atoms with van der Waals surface area (Å²) >= 11 is 0. The van der Waals surface area contributed by atoms with Crippen LogP contribution < -0.4 is 10.2 Å². The summed E-state index contributed by atoms with van der Waals surface area (Å²) in [5.41, 5.74) is 1.08. The van der Waals surface area contributed by atoms with Crippen LogP contribution in [0.15, 0.2) is 41.6 Å². The van der Waals surface area contributed by atoms with Crippen molar-refractivity contribution in [1.82, 2.24) is 9.67 Å². The number of aliphatic carboxylic acids is 1. The molecule has 0 aliphatic carbocycles. The molecule has 0 bridgehead atoms. The number of methoxy groups -OCH3 is 1. The third-order valence-corrected chi connectivity index (χ3v) is 4.70. The first-order valence-corrected chi connectivity index (χ1v) is 10.9. The molecule has 10 nitrogen and oxygen atoms in total. The number of carbonyl (C=O) groups excluding carboxylic acids is 1. The van der Waals surface area contributed by atoms with E-state index < -0.39 is 28.0 Å². The van der Waals surface area contributed by atoms with Crippen LogP contribution in [0.1, 0.15) is 6.42 Å². The lowest BCUT2D eigenvalue weighted by Crippen LogP contribution is -2.38. The summed E-state index contributed by atoms with van der Waals surface area (Å²) in [7, 11) is -2.46. The van der Waals surface area contributed by atoms with Crippen LogP contribution in [-0.2, 0) is 37.3 Å². The van der Waals surface area contributed by atoms with Crippen molar-refractivity contribution in [2.45, 2.75) is 25.7 Å². The molecule has 14 heteroatoms. The van der Waals surface area contributed by atoms with E-state index in [2.05, 4.69) is 9.84 Å². The Kier molecular flexibility index (Phi) is 9.50. The molecule has 2 aromatic heterocycles. The maximum Gasteiger partial charge on any atom is 0.490 e. The highest BCUT2D eigenvalue weighted by Crippen LogP contribution is 2.15. The second-order valence-corrected chi connectivity index (χ2v) is 8.65. The van der Waals surface area contributed by atoms with Crippen molar-refractivity contribution in [1.29, 1.82) is 0 Å². The number of carboxylic acid groups (broad SMARTS) is 1. The van der Waals surface area contributed by atoms with E-state index >= 15 is 0 Å². The first-order valence-electron chi connectivity index (χ1n) is 8.84. The number of carbonyl (C=O) groups is 2. The van der Waals surface area contributed by atoms with Crippen LogP contribution >= 0.6 is 0 Å². The van der Waals surface area contributed by atoms with E-state index in [-0.39, 0.29) is 30.8 Å². The lowest BCUT2D eigenvalue weighted by atomic mass is 10.1. The molecule has 0 saturated heterocycles. The average molecular weight is 480 g/mol. The fourth-order valence-electron chi connectivity index (χ4n) is 2.15. The van der Waals surface area contributed by atoms with Gasteiger partial charge in [-0.05, 0) is 16.7 Å². The van der Waals surface area contributed by atoms with Crippen LogP contribution in [0.4, 0.5) is 13.2 Å². The Morgan fingerprint density at radius 1 is 1.25 bits per heavy atom. The summed E-state index contributed by atoms with van der Waals surface area (Å²) < 4.78 is 61.5. The second-order valence-electron chi connectivity index (χ2n) is 6.39. The quantitative estimate of drug-likeness (QED) is 0.445. The van der Waals surface area contributed by atoms with Gasteiger partial charge in [0.2, 0.25) is 0 Å². The molecule has 0 unspecified atom stereocenters. The van der Waals surface area contributed by atoms with Crippen LogP contribution in [0.2, 0.25) is 0 Å². The minimum atomic E-state index is -4.85. The van der Waals surface area contributed by atoms with Crippen molar-refractivity contribution in [3.05, 3.63) is 47.1 Å². The number of ether oxygens (including phenoxy) is 1. The molecule has 2 aromatic rings.